The zero-order chi connectivity index (χ0) is 17.3. The third-order valence-corrected chi connectivity index (χ3v) is 4.45. The van der Waals surface area contributed by atoms with E-state index in [0.29, 0.717) is 5.56 Å². The van der Waals surface area contributed by atoms with Crippen LogP contribution in [0.5, 0.6) is 11.5 Å². The molecule has 0 unspecified atom stereocenters. The normalized spacial score (nSPS) is 11.2. The maximum absolute atomic E-state index is 11.8. The van der Waals surface area contributed by atoms with Crippen molar-refractivity contribution in [2.45, 2.75) is 6.92 Å². The SMILES string of the molecule is COc1cc(/C=C/c2nc3cc(C)ccc3s2)cc([N+](=O)[O-])c1[O-]. The van der Waals surface area contributed by atoms with Crippen LogP contribution in [0.4, 0.5) is 5.69 Å². The third kappa shape index (κ3) is 3.07. The molecular formula is C17H13N2O4S-. The molecular weight excluding hydrogens is 328 g/mol. The number of benzene rings is 2. The fraction of sp³-hybridized carbons (Fsp3) is 0.118. The Morgan fingerprint density at radius 2 is 2.04 bits per heavy atom. The van der Waals surface area contributed by atoms with Gasteiger partial charge in [-0.2, -0.15) is 0 Å². The molecule has 0 fully saturated rings. The van der Waals surface area contributed by atoms with Crippen LogP contribution in [0.1, 0.15) is 16.1 Å². The number of thiazole rings is 1. The Hall–Kier alpha value is -2.93. The maximum atomic E-state index is 11.8. The lowest BCUT2D eigenvalue weighted by Gasteiger charge is -2.13. The van der Waals surface area contributed by atoms with E-state index in [4.69, 9.17) is 4.74 Å². The molecule has 0 radical (unpaired) electrons. The second-order valence-electron chi connectivity index (χ2n) is 5.19. The number of hydrogen-bond acceptors (Lipinski definition) is 6. The highest BCUT2D eigenvalue weighted by atomic mass is 32.1. The lowest BCUT2D eigenvalue weighted by atomic mass is 10.1. The molecule has 1 heterocycles. The van der Waals surface area contributed by atoms with Crippen molar-refractivity contribution in [3.63, 3.8) is 0 Å². The molecule has 0 aliphatic heterocycles. The molecule has 0 atom stereocenters. The lowest BCUT2D eigenvalue weighted by molar-refractivity contribution is -0.398. The van der Waals surface area contributed by atoms with Gasteiger partial charge in [-0.25, -0.2) is 4.98 Å². The van der Waals surface area contributed by atoms with Crippen molar-refractivity contribution in [2.24, 2.45) is 0 Å². The topological polar surface area (TPSA) is 88.3 Å². The lowest BCUT2D eigenvalue weighted by Crippen LogP contribution is -2.01. The summed E-state index contributed by atoms with van der Waals surface area (Å²) in [7, 11) is 1.31. The highest BCUT2D eigenvalue weighted by Crippen LogP contribution is 2.35. The Labute approximate surface area is 141 Å². The van der Waals surface area contributed by atoms with Gasteiger partial charge in [0.1, 0.15) is 10.8 Å². The molecule has 0 saturated carbocycles. The number of aryl methyl sites for hydroxylation is 1. The summed E-state index contributed by atoms with van der Waals surface area (Å²) in [4.78, 5) is 14.8. The van der Waals surface area contributed by atoms with E-state index in [0.717, 1.165) is 20.8 Å². The first-order valence-electron chi connectivity index (χ1n) is 7.06. The van der Waals surface area contributed by atoms with Crippen LogP contribution in [0.3, 0.4) is 0 Å². The molecule has 0 spiro atoms. The Kier molecular flexibility index (Phi) is 4.18. The fourth-order valence-corrected chi connectivity index (χ4v) is 3.14. The van der Waals surface area contributed by atoms with Crippen molar-refractivity contribution in [3.8, 4) is 11.5 Å². The Morgan fingerprint density at radius 3 is 2.75 bits per heavy atom. The van der Waals surface area contributed by atoms with Crippen LogP contribution in [-0.4, -0.2) is 17.0 Å². The van der Waals surface area contributed by atoms with Crippen molar-refractivity contribution in [2.75, 3.05) is 7.11 Å². The van der Waals surface area contributed by atoms with Gasteiger partial charge < -0.3 is 9.84 Å². The van der Waals surface area contributed by atoms with Crippen molar-refractivity contribution in [1.29, 1.82) is 0 Å². The summed E-state index contributed by atoms with van der Waals surface area (Å²) in [5.41, 5.74) is 2.05. The van der Waals surface area contributed by atoms with Crippen molar-refractivity contribution >= 4 is 39.4 Å². The number of nitro benzene ring substituents is 1. The minimum absolute atomic E-state index is 0.0521. The van der Waals surface area contributed by atoms with E-state index in [2.05, 4.69) is 4.98 Å². The summed E-state index contributed by atoms with van der Waals surface area (Å²) in [6.07, 6.45) is 3.45. The van der Waals surface area contributed by atoms with Crippen LogP contribution >= 0.6 is 11.3 Å². The summed E-state index contributed by atoms with van der Waals surface area (Å²) in [5, 5.41) is 23.6. The highest BCUT2D eigenvalue weighted by molar-refractivity contribution is 7.19. The first kappa shape index (κ1) is 15.9. The molecule has 0 amide bonds. The zero-order valence-electron chi connectivity index (χ0n) is 13.0. The average Bonchev–Trinajstić information content (AvgIpc) is 2.95. The van der Waals surface area contributed by atoms with Crippen molar-refractivity contribution in [1.82, 2.24) is 4.98 Å². The van der Waals surface area contributed by atoms with Gasteiger partial charge in [0, 0.05) is 11.8 Å². The predicted octanol–water partition coefficient (Wildman–Crippen LogP) is 3.77. The van der Waals surface area contributed by atoms with Gasteiger partial charge in [-0.3, -0.25) is 10.1 Å². The molecule has 122 valence electrons. The van der Waals surface area contributed by atoms with Crippen LogP contribution in [0.25, 0.3) is 22.4 Å². The summed E-state index contributed by atoms with van der Waals surface area (Å²) in [6, 6.07) is 8.75. The highest BCUT2D eigenvalue weighted by Gasteiger charge is 2.12. The number of rotatable bonds is 4. The van der Waals surface area contributed by atoms with E-state index in [9.17, 15) is 15.2 Å². The van der Waals surface area contributed by atoms with Gasteiger partial charge in [0.15, 0.2) is 0 Å². The molecule has 2 aromatic carbocycles. The summed E-state index contributed by atoms with van der Waals surface area (Å²) in [5.74, 6) is -0.779. The molecule has 3 rings (SSSR count). The number of fused-ring (bicyclic) bond motifs is 1. The maximum Gasteiger partial charge on any atom is 0.266 e. The largest absolute Gasteiger partial charge is 0.865 e. The molecule has 3 aromatic rings. The van der Waals surface area contributed by atoms with Gasteiger partial charge in [0.2, 0.25) is 0 Å². The van der Waals surface area contributed by atoms with Crippen LogP contribution in [0, 0.1) is 17.0 Å². The molecule has 0 aliphatic rings. The van der Waals surface area contributed by atoms with Crippen molar-refractivity contribution in [3.05, 3.63) is 56.6 Å². The Morgan fingerprint density at radius 1 is 1.25 bits per heavy atom. The van der Waals surface area contributed by atoms with Gasteiger partial charge >= 0.3 is 0 Å². The quantitative estimate of drug-likeness (QED) is 0.532. The number of nitrogens with zero attached hydrogens (tertiary/aromatic N) is 2. The number of ether oxygens (including phenoxy) is 1. The van der Waals surface area contributed by atoms with E-state index in [1.807, 2.05) is 25.1 Å². The van der Waals surface area contributed by atoms with Gasteiger partial charge in [-0.1, -0.05) is 12.1 Å². The molecule has 0 N–H and O–H groups in total. The van der Waals surface area contributed by atoms with Crippen LogP contribution in [0.2, 0.25) is 0 Å². The van der Waals surface area contributed by atoms with E-state index in [1.165, 1.54) is 30.6 Å². The monoisotopic (exact) mass is 341 g/mol. The Balaban J connectivity index is 1.98. The minimum atomic E-state index is -0.727. The van der Waals surface area contributed by atoms with Crippen LogP contribution in [-0.2, 0) is 0 Å². The number of nitro groups is 1. The molecule has 7 heteroatoms. The first-order valence-corrected chi connectivity index (χ1v) is 7.88. The van der Waals surface area contributed by atoms with Crippen LogP contribution in [0.15, 0.2) is 30.3 Å². The molecule has 6 nitrogen and oxygen atoms in total. The first-order chi connectivity index (χ1) is 11.5. The van der Waals surface area contributed by atoms with Crippen LogP contribution < -0.4 is 9.84 Å². The van der Waals surface area contributed by atoms with Gasteiger partial charge in [-0.05, 0) is 42.3 Å². The molecule has 24 heavy (non-hydrogen) atoms. The fourth-order valence-electron chi connectivity index (χ4n) is 2.29. The van der Waals surface area contributed by atoms with Gasteiger partial charge in [0.25, 0.3) is 5.69 Å². The number of hydrogen-bond donors (Lipinski definition) is 0. The summed E-state index contributed by atoms with van der Waals surface area (Å²) < 4.78 is 5.99. The average molecular weight is 341 g/mol. The molecule has 1 aromatic heterocycles. The van der Waals surface area contributed by atoms with E-state index in [-0.39, 0.29) is 5.75 Å². The second kappa shape index (κ2) is 6.29. The molecule has 0 aliphatic carbocycles. The second-order valence-corrected chi connectivity index (χ2v) is 6.25. The standard InChI is InChI=1S/C17H14N2O4S/c1-10-3-5-15-12(7-10)18-16(24-15)6-4-11-8-13(19(21)22)17(20)14(9-11)23-2/h3-9,20H,1-2H3/p-1/b6-4+. The molecule has 0 saturated heterocycles. The van der Waals surface area contributed by atoms with E-state index < -0.39 is 16.4 Å². The zero-order valence-corrected chi connectivity index (χ0v) is 13.8. The smallest absolute Gasteiger partial charge is 0.266 e. The van der Waals surface area contributed by atoms with E-state index in [1.54, 1.807) is 12.2 Å². The number of methoxy groups -OCH3 is 1. The Bertz CT molecular complexity index is 963. The number of aromatic nitrogens is 1. The molecule has 0 bridgehead atoms. The van der Waals surface area contributed by atoms with Crippen molar-refractivity contribution < 1.29 is 14.8 Å². The van der Waals surface area contributed by atoms with E-state index >= 15 is 0 Å². The summed E-state index contributed by atoms with van der Waals surface area (Å²) in [6.45, 7) is 2.00. The minimum Gasteiger partial charge on any atom is -0.865 e. The van der Waals surface area contributed by atoms with Gasteiger partial charge in [-0.15, -0.1) is 11.3 Å². The third-order valence-electron chi connectivity index (χ3n) is 3.45. The van der Waals surface area contributed by atoms with Gasteiger partial charge in [0.05, 0.1) is 22.2 Å². The summed E-state index contributed by atoms with van der Waals surface area (Å²) >= 11 is 1.52. The predicted molar refractivity (Wildman–Crippen MR) is 92.4 cm³/mol.